The summed E-state index contributed by atoms with van der Waals surface area (Å²) < 4.78 is 16.0. The molecule has 0 aromatic heterocycles. The van der Waals surface area contributed by atoms with Gasteiger partial charge >= 0.3 is 0 Å². The van der Waals surface area contributed by atoms with E-state index in [-0.39, 0.29) is 17.4 Å². The van der Waals surface area contributed by atoms with E-state index in [1.165, 1.54) is 19.2 Å². The van der Waals surface area contributed by atoms with Crippen molar-refractivity contribution in [1.29, 1.82) is 0 Å². The van der Waals surface area contributed by atoms with Gasteiger partial charge in [0.1, 0.15) is 11.5 Å². The van der Waals surface area contributed by atoms with Crippen LogP contribution in [0.2, 0.25) is 0 Å². The number of aromatic hydroxyl groups is 1. The van der Waals surface area contributed by atoms with Gasteiger partial charge in [0.15, 0.2) is 0 Å². The topological polar surface area (TPSA) is 75.6 Å². The van der Waals surface area contributed by atoms with Gasteiger partial charge in [-0.15, -0.1) is 0 Å². The molecule has 0 saturated heterocycles. The number of methoxy groups -OCH3 is 1. The molecular weight excluding hydrogens is 254 g/mol. The molecule has 2 unspecified atom stereocenters. The van der Waals surface area contributed by atoms with Gasteiger partial charge in [0, 0.05) is 28.9 Å². The summed E-state index contributed by atoms with van der Waals surface area (Å²) in [6.45, 7) is 1.76. The molecule has 18 heavy (non-hydrogen) atoms. The van der Waals surface area contributed by atoms with Gasteiger partial charge in [-0.2, -0.15) is 0 Å². The minimum atomic E-state index is -0.982. The van der Waals surface area contributed by atoms with Gasteiger partial charge < -0.3 is 15.2 Å². The summed E-state index contributed by atoms with van der Waals surface area (Å²) in [6, 6.07) is 4.20. The third kappa shape index (κ3) is 4.03. The van der Waals surface area contributed by atoms with Crippen molar-refractivity contribution in [2.75, 3.05) is 19.1 Å². The Morgan fingerprint density at radius 2 is 2.22 bits per heavy atom. The fraction of sp³-hybridized carbons (Fsp3) is 0.417. The second-order valence-electron chi connectivity index (χ2n) is 4.00. The van der Waals surface area contributed by atoms with Gasteiger partial charge in [-0.05, 0) is 25.1 Å². The molecule has 5 nitrogen and oxygen atoms in total. The lowest BCUT2D eigenvalue weighted by Gasteiger charge is -2.13. The predicted octanol–water partition coefficient (Wildman–Crippen LogP) is 0.898. The van der Waals surface area contributed by atoms with E-state index in [0.29, 0.717) is 11.5 Å². The van der Waals surface area contributed by atoms with Crippen molar-refractivity contribution >= 4 is 16.7 Å². The van der Waals surface area contributed by atoms with Crippen molar-refractivity contribution in [1.82, 2.24) is 5.32 Å². The monoisotopic (exact) mass is 271 g/mol. The maximum absolute atomic E-state index is 11.9. The Hall–Kier alpha value is -1.56. The third-order valence-electron chi connectivity index (χ3n) is 2.31. The van der Waals surface area contributed by atoms with Gasteiger partial charge in [0.05, 0.1) is 12.7 Å². The maximum atomic E-state index is 11.9. The average Bonchev–Trinajstić information content (AvgIpc) is 2.28. The Morgan fingerprint density at radius 1 is 1.56 bits per heavy atom. The minimum absolute atomic E-state index is 0.113. The molecule has 0 fully saturated rings. The van der Waals surface area contributed by atoms with Gasteiger partial charge in [0.25, 0.3) is 5.91 Å². The number of phenolic OH excluding ortho intramolecular Hbond substituents is 1. The first-order valence-electron chi connectivity index (χ1n) is 5.42. The summed E-state index contributed by atoms with van der Waals surface area (Å²) in [5.74, 6) is 0.336. The molecule has 2 atom stereocenters. The molecule has 1 aromatic carbocycles. The molecule has 0 aliphatic carbocycles. The standard InChI is InChI=1S/C12H17NO4S/c1-8(7-18(3)16)13-12(15)10-6-9(17-2)4-5-11(10)14/h4-6,8,14H,7H2,1-3H3,(H,13,15). The maximum Gasteiger partial charge on any atom is 0.255 e. The van der Waals surface area contributed by atoms with E-state index in [9.17, 15) is 14.1 Å². The summed E-state index contributed by atoms with van der Waals surface area (Å²) in [7, 11) is 0.501. The molecule has 2 N–H and O–H groups in total. The Kier molecular flexibility index (Phi) is 5.15. The second kappa shape index (κ2) is 6.39. The number of rotatable bonds is 5. The quantitative estimate of drug-likeness (QED) is 0.834. The fourth-order valence-corrected chi connectivity index (χ4v) is 2.31. The molecule has 0 saturated carbocycles. The van der Waals surface area contributed by atoms with Crippen molar-refractivity contribution in [3.8, 4) is 11.5 Å². The summed E-state index contributed by atoms with van der Waals surface area (Å²) >= 11 is 0. The smallest absolute Gasteiger partial charge is 0.255 e. The number of carbonyl (C=O) groups is 1. The first-order valence-corrected chi connectivity index (χ1v) is 7.14. The zero-order valence-corrected chi connectivity index (χ0v) is 11.4. The highest BCUT2D eigenvalue weighted by Gasteiger charge is 2.15. The highest BCUT2D eigenvalue weighted by molar-refractivity contribution is 7.84. The predicted molar refractivity (Wildman–Crippen MR) is 70.5 cm³/mol. The van der Waals surface area contributed by atoms with Gasteiger partial charge in [0.2, 0.25) is 0 Å². The molecule has 0 aliphatic rings. The van der Waals surface area contributed by atoms with Crippen LogP contribution in [0.25, 0.3) is 0 Å². The van der Waals surface area contributed by atoms with Crippen molar-refractivity contribution in [3.05, 3.63) is 23.8 Å². The molecular formula is C12H17NO4S. The summed E-state index contributed by atoms with van der Waals surface area (Å²) in [6.07, 6.45) is 1.58. The molecule has 1 amide bonds. The highest BCUT2D eigenvalue weighted by Crippen LogP contribution is 2.22. The second-order valence-corrected chi connectivity index (χ2v) is 5.48. The largest absolute Gasteiger partial charge is 0.507 e. The van der Waals surface area contributed by atoms with Crippen LogP contribution in [0, 0.1) is 0 Å². The summed E-state index contributed by atoms with van der Waals surface area (Å²) in [4.78, 5) is 11.9. The van der Waals surface area contributed by atoms with E-state index in [4.69, 9.17) is 4.74 Å². The van der Waals surface area contributed by atoms with Crippen LogP contribution in [-0.2, 0) is 10.8 Å². The average molecular weight is 271 g/mol. The van der Waals surface area contributed by atoms with Crippen molar-refractivity contribution < 1.29 is 18.8 Å². The third-order valence-corrected chi connectivity index (χ3v) is 3.28. The Balaban J connectivity index is 2.80. The van der Waals surface area contributed by atoms with E-state index < -0.39 is 16.7 Å². The minimum Gasteiger partial charge on any atom is -0.507 e. The molecule has 1 rings (SSSR count). The summed E-state index contributed by atoms with van der Waals surface area (Å²) in [5, 5.41) is 12.3. The van der Waals surface area contributed by atoms with E-state index in [1.807, 2.05) is 0 Å². The Morgan fingerprint density at radius 3 is 2.78 bits per heavy atom. The molecule has 0 bridgehead atoms. The number of benzene rings is 1. The molecule has 100 valence electrons. The number of nitrogens with one attached hydrogen (secondary N) is 1. The first-order chi connectivity index (χ1) is 8.43. The molecule has 0 aliphatic heterocycles. The molecule has 0 spiro atoms. The lowest BCUT2D eigenvalue weighted by molar-refractivity contribution is 0.0940. The van der Waals surface area contributed by atoms with Gasteiger partial charge in [-0.1, -0.05) is 0 Å². The van der Waals surface area contributed by atoms with Crippen LogP contribution in [0.1, 0.15) is 17.3 Å². The van der Waals surface area contributed by atoms with E-state index >= 15 is 0 Å². The number of carbonyl (C=O) groups excluding carboxylic acids is 1. The number of hydrogen-bond donors (Lipinski definition) is 2. The normalized spacial score (nSPS) is 13.7. The van der Waals surface area contributed by atoms with Gasteiger partial charge in [-0.25, -0.2) is 0 Å². The SMILES string of the molecule is COc1ccc(O)c(C(=O)NC(C)CS(C)=O)c1. The molecule has 0 heterocycles. The lowest BCUT2D eigenvalue weighted by atomic mass is 10.1. The van der Waals surface area contributed by atoms with Crippen LogP contribution in [0.5, 0.6) is 11.5 Å². The number of phenols is 1. The van der Waals surface area contributed by atoms with E-state index in [0.717, 1.165) is 0 Å². The first kappa shape index (κ1) is 14.5. The van der Waals surface area contributed by atoms with Crippen LogP contribution in [0.4, 0.5) is 0 Å². The van der Waals surface area contributed by atoms with Crippen molar-refractivity contribution in [2.45, 2.75) is 13.0 Å². The van der Waals surface area contributed by atoms with E-state index in [1.54, 1.807) is 19.2 Å². The Labute approximate surface area is 109 Å². The van der Waals surface area contributed by atoms with E-state index in [2.05, 4.69) is 5.32 Å². The van der Waals surface area contributed by atoms with Crippen LogP contribution in [-0.4, -0.2) is 40.4 Å². The number of hydrogen-bond acceptors (Lipinski definition) is 4. The van der Waals surface area contributed by atoms with Crippen LogP contribution in [0.3, 0.4) is 0 Å². The fourth-order valence-electron chi connectivity index (χ4n) is 1.52. The lowest BCUT2D eigenvalue weighted by Crippen LogP contribution is -2.36. The number of amides is 1. The van der Waals surface area contributed by atoms with Crippen LogP contribution < -0.4 is 10.1 Å². The molecule has 6 heteroatoms. The molecule has 1 aromatic rings. The van der Waals surface area contributed by atoms with Gasteiger partial charge in [-0.3, -0.25) is 9.00 Å². The highest BCUT2D eigenvalue weighted by atomic mass is 32.2. The zero-order valence-electron chi connectivity index (χ0n) is 10.6. The van der Waals surface area contributed by atoms with Crippen molar-refractivity contribution in [2.24, 2.45) is 0 Å². The summed E-state index contributed by atoms with van der Waals surface area (Å²) in [5.41, 5.74) is 0.142. The Bertz CT molecular complexity index is 461. The van der Waals surface area contributed by atoms with Crippen LogP contribution in [0.15, 0.2) is 18.2 Å². The molecule has 0 radical (unpaired) electrons. The van der Waals surface area contributed by atoms with Crippen LogP contribution >= 0.6 is 0 Å². The zero-order chi connectivity index (χ0) is 13.7. The number of ether oxygens (including phenoxy) is 1. The van der Waals surface area contributed by atoms with Crippen molar-refractivity contribution in [3.63, 3.8) is 0 Å².